The summed E-state index contributed by atoms with van der Waals surface area (Å²) in [4.78, 5) is 4.64. The van der Waals surface area contributed by atoms with Crippen LogP contribution in [-0.2, 0) is 0 Å². The maximum Gasteiger partial charge on any atom is 0.196 e. The van der Waals surface area contributed by atoms with E-state index in [0.717, 1.165) is 44.6 Å². The maximum absolute atomic E-state index is 4.64. The first-order chi connectivity index (χ1) is 12.3. The van der Waals surface area contributed by atoms with Crippen molar-refractivity contribution in [3.8, 4) is 17.1 Å². The van der Waals surface area contributed by atoms with Crippen molar-refractivity contribution in [3.05, 3.63) is 66.4 Å². The van der Waals surface area contributed by atoms with Crippen molar-refractivity contribution >= 4 is 22.7 Å². The molecule has 0 unspecified atom stereocenters. The second kappa shape index (κ2) is 6.69. The summed E-state index contributed by atoms with van der Waals surface area (Å²) in [6.07, 6.45) is 0. The van der Waals surface area contributed by atoms with Crippen LogP contribution in [0.1, 0.15) is 12.6 Å². The van der Waals surface area contributed by atoms with Crippen LogP contribution in [-0.4, -0.2) is 25.5 Å². The number of hydrogen-bond acceptors (Lipinski definition) is 4. The quantitative estimate of drug-likeness (QED) is 0.493. The van der Waals surface area contributed by atoms with Gasteiger partial charge in [-0.15, -0.1) is 10.2 Å². The number of thioether (sulfide) groups is 1. The fraction of sp³-hybridized carbons (Fsp3) is 0.150. The molecule has 25 heavy (non-hydrogen) atoms. The Hall–Kier alpha value is -2.66. The zero-order chi connectivity index (χ0) is 17.2. The first-order valence-electron chi connectivity index (χ1n) is 8.28. The lowest BCUT2D eigenvalue weighted by Crippen LogP contribution is -2.00. The molecule has 5 heteroatoms. The zero-order valence-electron chi connectivity index (χ0n) is 14.2. The maximum atomic E-state index is 4.64. The molecule has 0 aliphatic rings. The van der Waals surface area contributed by atoms with E-state index in [0.29, 0.717) is 0 Å². The predicted molar refractivity (Wildman–Crippen MR) is 103 cm³/mol. The molecule has 0 aliphatic heterocycles. The molecule has 0 amide bonds. The summed E-state index contributed by atoms with van der Waals surface area (Å²) in [6.45, 7) is 4.14. The van der Waals surface area contributed by atoms with Crippen molar-refractivity contribution < 1.29 is 0 Å². The molecular formula is C20H18N4S. The third kappa shape index (κ3) is 2.91. The van der Waals surface area contributed by atoms with E-state index in [2.05, 4.69) is 50.9 Å². The Labute approximate surface area is 150 Å². The first-order valence-corrected chi connectivity index (χ1v) is 9.27. The molecule has 4 aromatic rings. The normalized spacial score (nSPS) is 11.1. The summed E-state index contributed by atoms with van der Waals surface area (Å²) in [5, 5.41) is 11.0. The Balaban J connectivity index is 2.01. The monoisotopic (exact) mass is 346 g/mol. The predicted octanol–water partition coefficient (Wildman–Crippen LogP) is 4.90. The van der Waals surface area contributed by atoms with E-state index in [9.17, 15) is 0 Å². The molecule has 4 rings (SSSR count). The minimum absolute atomic E-state index is 0.851. The number of benzene rings is 2. The van der Waals surface area contributed by atoms with Crippen LogP contribution in [0.5, 0.6) is 0 Å². The van der Waals surface area contributed by atoms with Crippen LogP contribution in [0.4, 0.5) is 0 Å². The molecule has 2 aromatic heterocycles. The van der Waals surface area contributed by atoms with E-state index >= 15 is 0 Å². The number of pyridine rings is 1. The van der Waals surface area contributed by atoms with Crippen molar-refractivity contribution in [1.82, 2.24) is 19.7 Å². The average Bonchev–Trinajstić information content (AvgIpc) is 3.05. The summed E-state index contributed by atoms with van der Waals surface area (Å²) in [7, 11) is 0. The van der Waals surface area contributed by atoms with Crippen LogP contribution in [0.25, 0.3) is 28.0 Å². The summed E-state index contributed by atoms with van der Waals surface area (Å²) < 4.78 is 2.13. The van der Waals surface area contributed by atoms with Crippen molar-refractivity contribution in [1.29, 1.82) is 0 Å². The van der Waals surface area contributed by atoms with Crippen LogP contribution in [0, 0.1) is 6.92 Å². The molecule has 2 heterocycles. The summed E-state index contributed by atoms with van der Waals surface area (Å²) in [6, 6.07) is 20.5. The molecule has 0 spiro atoms. The lowest BCUT2D eigenvalue weighted by atomic mass is 10.1. The van der Waals surface area contributed by atoms with Crippen molar-refractivity contribution in [2.24, 2.45) is 0 Å². The number of hydrogen-bond donors (Lipinski definition) is 0. The van der Waals surface area contributed by atoms with E-state index in [1.54, 1.807) is 11.8 Å². The third-order valence-corrected chi connectivity index (χ3v) is 4.82. The number of aryl methyl sites for hydroxylation is 1. The van der Waals surface area contributed by atoms with Gasteiger partial charge in [0.1, 0.15) is 0 Å². The molecule has 0 atom stereocenters. The van der Waals surface area contributed by atoms with Crippen LogP contribution in [0.2, 0.25) is 0 Å². The third-order valence-electron chi connectivity index (χ3n) is 4.01. The lowest BCUT2D eigenvalue weighted by molar-refractivity contribution is 0.887. The first kappa shape index (κ1) is 15.8. The fourth-order valence-electron chi connectivity index (χ4n) is 2.97. The van der Waals surface area contributed by atoms with Gasteiger partial charge in [-0.25, -0.2) is 0 Å². The van der Waals surface area contributed by atoms with E-state index in [1.807, 2.05) is 43.3 Å². The molecule has 0 saturated heterocycles. The number of para-hydroxylation sites is 2. The SMILES string of the molecule is CCSc1nnc(-c2cc(C)nc3ccccc23)n1-c1ccccc1. The topological polar surface area (TPSA) is 43.6 Å². The van der Waals surface area contributed by atoms with Gasteiger partial charge in [-0.1, -0.05) is 55.1 Å². The van der Waals surface area contributed by atoms with E-state index in [1.165, 1.54) is 0 Å². The van der Waals surface area contributed by atoms with Gasteiger partial charge in [0.05, 0.1) is 5.52 Å². The highest BCUT2D eigenvalue weighted by atomic mass is 32.2. The molecule has 2 aromatic carbocycles. The van der Waals surface area contributed by atoms with Crippen LogP contribution in [0.3, 0.4) is 0 Å². The van der Waals surface area contributed by atoms with Crippen LogP contribution < -0.4 is 0 Å². The second-order valence-corrected chi connectivity index (χ2v) is 6.97. The highest BCUT2D eigenvalue weighted by Gasteiger charge is 2.18. The van der Waals surface area contributed by atoms with Gasteiger partial charge in [-0.05, 0) is 36.9 Å². The molecule has 124 valence electrons. The van der Waals surface area contributed by atoms with Crippen LogP contribution in [0.15, 0.2) is 65.8 Å². The minimum atomic E-state index is 0.851. The Morgan fingerprint density at radius 1 is 0.960 bits per heavy atom. The molecule has 0 fully saturated rings. The zero-order valence-corrected chi connectivity index (χ0v) is 15.0. The number of aromatic nitrogens is 4. The van der Waals surface area contributed by atoms with E-state index in [-0.39, 0.29) is 0 Å². The lowest BCUT2D eigenvalue weighted by Gasteiger charge is -2.12. The fourth-order valence-corrected chi connectivity index (χ4v) is 3.65. The van der Waals surface area contributed by atoms with Gasteiger partial charge in [0.25, 0.3) is 0 Å². The van der Waals surface area contributed by atoms with Crippen molar-refractivity contribution in [3.63, 3.8) is 0 Å². The number of nitrogens with zero attached hydrogens (tertiary/aromatic N) is 4. The molecule has 4 nitrogen and oxygen atoms in total. The summed E-state index contributed by atoms with van der Waals surface area (Å²) >= 11 is 1.70. The molecule has 0 saturated carbocycles. The Bertz CT molecular complexity index is 1020. The van der Waals surface area contributed by atoms with Gasteiger partial charge < -0.3 is 0 Å². The largest absolute Gasteiger partial charge is 0.270 e. The molecule has 0 aliphatic carbocycles. The molecular weight excluding hydrogens is 328 g/mol. The van der Waals surface area contributed by atoms with E-state index < -0.39 is 0 Å². The second-order valence-electron chi connectivity index (χ2n) is 5.74. The highest BCUT2D eigenvalue weighted by Crippen LogP contribution is 2.32. The Morgan fingerprint density at radius 3 is 2.52 bits per heavy atom. The number of rotatable bonds is 4. The minimum Gasteiger partial charge on any atom is -0.270 e. The Kier molecular flexibility index (Phi) is 4.24. The highest BCUT2D eigenvalue weighted by molar-refractivity contribution is 7.99. The number of fused-ring (bicyclic) bond motifs is 1. The van der Waals surface area contributed by atoms with Crippen molar-refractivity contribution in [2.45, 2.75) is 19.0 Å². The standard InChI is InChI=1S/C20H18N4S/c1-3-25-20-23-22-19(24(20)15-9-5-4-6-10-15)17-13-14(2)21-18-12-8-7-11-16(17)18/h4-13H,3H2,1-2H3. The van der Waals surface area contributed by atoms with Gasteiger partial charge in [0, 0.05) is 22.3 Å². The van der Waals surface area contributed by atoms with Crippen LogP contribution >= 0.6 is 11.8 Å². The Morgan fingerprint density at radius 2 is 1.72 bits per heavy atom. The van der Waals surface area contributed by atoms with Gasteiger partial charge in [-0.3, -0.25) is 9.55 Å². The van der Waals surface area contributed by atoms with E-state index in [4.69, 9.17) is 0 Å². The van der Waals surface area contributed by atoms with Gasteiger partial charge in [0.15, 0.2) is 11.0 Å². The summed E-state index contributed by atoms with van der Waals surface area (Å²) in [5.41, 5.74) is 4.07. The molecule has 0 bridgehead atoms. The average molecular weight is 346 g/mol. The van der Waals surface area contributed by atoms with Crippen molar-refractivity contribution in [2.75, 3.05) is 5.75 Å². The van der Waals surface area contributed by atoms with Gasteiger partial charge in [-0.2, -0.15) is 0 Å². The summed E-state index contributed by atoms with van der Waals surface area (Å²) in [5.74, 6) is 1.80. The molecule has 0 N–H and O–H groups in total. The smallest absolute Gasteiger partial charge is 0.196 e. The molecule has 0 radical (unpaired) electrons. The van der Waals surface area contributed by atoms with Gasteiger partial charge in [0.2, 0.25) is 0 Å². The van der Waals surface area contributed by atoms with Gasteiger partial charge >= 0.3 is 0 Å².